The number of ether oxygens (including phenoxy) is 2. The summed E-state index contributed by atoms with van der Waals surface area (Å²) in [7, 11) is 1.35. The number of morpholine rings is 1. The molecule has 2 amide bonds. The van der Waals surface area contributed by atoms with Crippen molar-refractivity contribution < 1.29 is 28.8 Å². The predicted octanol–water partition coefficient (Wildman–Crippen LogP) is 0.945. The summed E-state index contributed by atoms with van der Waals surface area (Å²) in [4.78, 5) is 48.1. The number of amides is 2. The van der Waals surface area contributed by atoms with Gasteiger partial charge in [0.25, 0.3) is 0 Å². The SMILES string of the molecule is COC(=O)c1ccc([C@@H]2c3[nH]c4ccccc4c3C[C@H]3C(=O)N(CCC[NH+]4CCOCC4)CC(=O)N23)cc1. The Morgan fingerprint density at radius 1 is 1.11 bits per heavy atom. The number of nitrogens with zero attached hydrogens (tertiary/aromatic N) is 2. The van der Waals surface area contributed by atoms with E-state index in [0.717, 1.165) is 67.0 Å². The Hall–Kier alpha value is -3.69. The van der Waals surface area contributed by atoms with E-state index in [4.69, 9.17) is 9.47 Å². The molecule has 38 heavy (non-hydrogen) atoms. The number of esters is 1. The van der Waals surface area contributed by atoms with Crippen LogP contribution in [-0.2, 0) is 25.5 Å². The highest BCUT2D eigenvalue weighted by Gasteiger charge is 2.48. The van der Waals surface area contributed by atoms with Crippen molar-refractivity contribution in [3.05, 3.63) is 70.9 Å². The zero-order valence-electron chi connectivity index (χ0n) is 21.6. The van der Waals surface area contributed by atoms with Crippen molar-refractivity contribution >= 4 is 28.7 Å². The average Bonchev–Trinajstić information content (AvgIpc) is 3.33. The molecule has 4 heterocycles. The quantitative estimate of drug-likeness (QED) is 0.475. The lowest BCUT2D eigenvalue weighted by Gasteiger charge is -2.47. The van der Waals surface area contributed by atoms with Gasteiger partial charge in [-0.1, -0.05) is 30.3 Å². The number of aromatic nitrogens is 1. The molecule has 2 aromatic carbocycles. The second-order valence-corrected chi connectivity index (χ2v) is 10.3. The number of piperazine rings is 1. The van der Waals surface area contributed by atoms with E-state index in [1.807, 2.05) is 30.3 Å². The summed E-state index contributed by atoms with van der Waals surface area (Å²) in [6.45, 7) is 5.17. The van der Waals surface area contributed by atoms with Crippen LogP contribution in [0.5, 0.6) is 0 Å². The largest absolute Gasteiger partial charge is 0.465 e. The van der Waals surface area contributed by atoms with Gasteiger partial charge in [0.15, 0.2) is 0 Å². The molecule has 9 heteroatoms. The number of methoxy groups -OCH3 is 1. The maximum Gasteiger partial charge on any atom is 0.337 e. The van der Waals surface area contributed by atoms with Crippen LogP contribution in [0.4, 0.5) is 0 Å². The Bertz CT molecular complexity index is 1360. The number of aromatic amines is 1. The van der Waals surface area contributed by atoms with Crippen LogP contribution < -0.4 is 4.90 Å². The third-order valence-electron chi connectivity index (χ3n) is 8.15. The van der Waals surface area contributed by atoms with Crippen LogP contribution in [0, 0.1) is 0 Å². The molecule has 0 aliphatic carbocycles. The monoisotopic (exact) mass is 517 g/mol. The maximum atomic E-state index is 13.8. The molecule has 0 spiro atoms. The molecule has 3 aliphatic heterocycles. The topological polar surface area (TPSA) is 96.4 Å². The number of carbonyl (C=O) groups excluding carboxylic acids is 3. The normalized spacial score (nSPS) is 21.9. The molecule has 0 unspecified atom stereocenters. The molecule has 198 valence electrons. The lowest BCUT2D eigenvalue weighted by atomic mass is 9.86. The number of H-pyrrole nitrogens is 1. The molecule has 2 fully saturated rings. The smallest absolute Gasteiger partial charge is 0.337 e. The Morgan fingerprint density at radius 2 is 1.87 bits per heavy atom. The Kier molecular flexibility index (Phi) is 6.63. The molecule has 0 radical (unpaired) electrons. The minimum Gasteiger partial charge on any atom is -0.465 e. The molecule has 9 nitrogen and oxygen atoms in total. The molecule has 0 bridgehead atoms. The molecule has 2 saturated heterocycles. The maximum absolute atomic E-state index is 13.8. The summed E-state index contributed by atoms with van der Waals surface area (Å²) in [5, 5.41) is 1.08. The zero-order chi connectivity index (χ0) is 26.2. The van der Waals surface area contributed by atoms with Gasteiger partial charge in [0.1, 0.15) is 19.1 Å². The zero-order valence-corrected chi connectivity index (χ0v) is 21.6. The Morgan fingerprint density at radius 3 is 2.63 bits per heavy atom. The first-order chi connectivity index (χ1) is 18.5. The van der Waals surface area contributed by atoms with Crippen molar-refractivity contribution in [1.82, 2.24) is 14.8 Å². The van der Waals surface area contributed by atoms with E-state index in [-0.39, 0.29) is 18.4 Å². The van der Waals surface area contributed by atoms with E-state index in [1.54, 1.807) is 21.9 Å². The molecule has 2 N–H and O–H groups in total. The van der Waals surface area contributed by atoms with E-state index in [1.165, 1.54) is 12.0 Å². The van der Waals surface area contributed by atoms with Crippen LogP contribution in [0.3, 0.4) is 0 Å². The summed E-state index contributed by atoms with van der Waals surface area (Å²) in [5.74, 6) is -0.462. The minimum absolute atomic E-state index is 0.00805. The van der Waals surface area contributed by atoms with Crippen LogP contribution >= 0.6 is 0 Å². The van der Waals surface area contributed by atoms with Gasteiger partial charge in [0.2, 0.25) is 11.8 Å². The number of nitrogens with one attached hydrogen (secondary N) is 2. The first kappa shape index (κ1) is 24.6. The third-order valence-corrected chi connectivity index (χ3v) is 8.15. The van der Waals surface area contributed by atoms with Crippen LogP contribution in [0.15, 0.2) is 48.5 Å². The van der Waals surface area contributed by atoms with Crippen molar-refractivity contribution in [3.63, 3.8) is 0 Å². The van der Waals surface area contributed by atoms with E-state index >= 15 is 0 Å². The second kappa shape index (κ2) is 10.2. The van der Waals surface area contributed by atoms with Crippen molar-refractivity contribution in [1.29, 1.82) is 0 Å². The van der Waals surface area contributed by atoms with Gasteiger partial charge in [-0.15, -0.1) is 0 Å². The number of rotatable bonds is 6. The minimum atomic E-state index is -0.566. The molecule has 2 atom stereocenters. The molecular formula is C29H33N4O5+. The highest BCUT2D eigenvalue weighted by Crippen LogP contribution is 2.42. The lowest BCUT2D eigenvalue weighted by molar-refractivity contribution is -0.908. The summed E-state index contributed by atoms with van der Waals surface area (Å²) < 4.78 is 10.3. The molecular weight excluding hydrogens is 484 g/mol. The van der Waals surface area contributed by atoms with Gasteiger partial charge in [-0.25, -0.2) is 4.79 Å². The fourth-order valence-corrected chi connectivity index (χ4v) is 6.21. The van der Waals surface area contributed by atoms with Gasteiger partial charge < -0.3 is 29.2 Å². The second-order valence-electron chi connectivity index (χ2n) is 10.3. The lowest BCUT2D eigenvalue weighted by Crippen LogP contribution is -3.14. The van der Waals surface area contributed by atoms with Gasteiger partial charge in [0, 0.05) is 36.0 Å². The van der Waals surface area contributed by atoms with Crippen LogP contribution in [0.1, 0.15) is 39.6 Å². The van der Waals surface area contributed by atoms with E-state index in [9.17, 15) is 14.4 Å². The standard InChI is InChI=1S/C29H32N4O5/c1-37-29(36)20-9-7-19(8-10-20)27-26-22(21-5-2-3-6-23(21)30-26)17-24-28(35)32(18-25(34)33(24)27)12-4-11-31-13-15-38-16-14-31/h2-3,5-10,24,27,30H,4,11-18H2,1H3/p+1/t24-,27+/m0/s1. The predicted molar refractivity (Wildman–Crippen MR) is 140 cm³/mol. The number of hydrogen-bond acceptors (Lipinski definition) is 5. The summed E-state index contributed by atoms with van der Waals surface area (Å²) in [6.07, 6.45) is 1.34. The fraction of sp³-hybridized carbons (Fsp3) is 0.414. The van der Waals surface area contributed by atoms with Crippen LogP contribution in [-0.4, -0.2) is 91.7 Å². The third kappa shape index (κ3) is 4.35. The highest BCUT2D eigenvalue weighted by molar-refractivity contribution is 5.97. The number of fused-ring (bicyclic) bond motifs is 4. The molecule has 1 aromatic heterocycles. The fourth-order valence-electron chi connectivity index (χ4n) is 6.21. The van der Waals surface area contributed by atoms with Crippen molar-refractivity contribution in [2.24, 2.45) is 0 Å². The number of carbonyl (C=O) groups is 3. The summed E-state index contributed by atoms with van der Waals surface area (Å²) in [5.41, 5.74) is 4.28. The number of benzene rings is 2. The van der Waals surface area contributed by atoms with Gasteiger partial charge in [-0.3, -0.25) is 9.59 Å². The summed E-state index contributed by atoms with van der Waals surface area (Å²) in [6, 6.07) is 14.2. The Balaban J connectivity index is 1.32. The first-order valence-corrected chi connectivity index (χ1v) is 13.3. The molecule has 6 rings (SSSR count). The molecule has 3 aromatic rings. The van der Waals surface area contributed by atoms with Gasteiger partial charge in [0.05, 0.1) is 45.0 Å². The molecule has 0 saturated carbocycles. The highest BCUT2D eigenvalue weighted by atomic mass is 16.5. The van der Waals surface area contributed by atoms with Crippen LogP contribution in [0.2, 0.25) is 0 Å². The number of quaternary nitrogens is 1. The number of hydrogen-bond donors (Lipinski definition) is 2. The first-order valence-electron chi connectivity index (χ1n) is 13.3. The van der Waals surface area contributed by atoms with Crippen molar-refractivity contribution in [2.45, 2.75) is 24.9 Å². The Labute approximate surface area is 221 Å². The molecule has 3 aliphatic rings. The average molecular weight is 518 g/mol. The van der Waals surface area contributed by atoms with E-state index in [0.29, 0.717) is 18.5 Å². The van der Waals surface area contributed by atoms with Gasteiger partial charge in [-0.2, -0.15) is 0 Å². The van der Waals surface area contributed by atoms with Crippen molar-refractivity contribution in [2.75, 3.05) is 53.0 Å². The van der Waals surface area contributed by atoms with Crippen molar-refractivity contribution in [3.8, 4) is 0 Å². The van der Waals surface area contributed by atoms with Gasteiger partial charge in [-0.05, 0) is 29.3 Å². The van der Waals surface area contributed by atoms with E-state index in [2.05, 4.69) is 11.1 Å². The summed E-state index contributed by atoms with van der Waals surface area (Å²) >= 11 is 0. The van der Waals surface area contributed by atoms with Gasteiger partial charge >= 0.3 is 5.97 Å². The number of para-hydroxylation sites is 1. The van der Waals surface area contributed by atoms with E-state index < -0.39 is 18.1 Å². The van der Waals surface area contributed by atoms with Crippen LogP contribution in [0.25, 0.3) is 10.9 Å².